The summed E-state index contributed by atoms with van der Waals surface area (Å²) in [7, 11) is 0. The summed E-state index contributed by atoms with van der Waals surface area (Å²) < 4.78 is 13.2. The van der Waals surface area contributed by atoms with Crippen LogP contribution in [-0.4, -0.2) is 37.0 Å². The number of hydrogen-bond donors (Lipinski definition) is 0. The molecule has 1 saturated heterocycles. The van der Waals surface area contributed by atoms with Gasteiger partial charge in [0, 0.05) is 47.5 Å². The Kier molecular flexibility index (Phi) is 4.74. The Morgan fingerprint density at radius 2 is 1.61 bits per heavy atom. The van der Waals surface area contributed by atoms with Crippen LogP contribution in [0.15, 0.2) is 42.5 Å². The standard InChI is InChI=1S/C17H15Cl2FN2O/c18-13-9-14(19)11-16(10-13)21-4-6-22(7-5-21)17(23)12-2-1-3-15(20)8-12/h1-3,8-11H,4-7H2. The van der Waals surface area contributed by atoms with Crippen molar-refractivity contribution in [3.63, 3.8) is 0 Å². The number of carbonyl (C=O) groups excluding carboxylic acids is 1. The summed E-state index contributed by atoms with van der Waals surface area (Å²) in [5.74, 6) is -0.545. The van der Waals surface area contributed by atoms with Gasteiger partial charge in [0.25, 0.3) is 5.91 Å². The van der Waals surface area contributed by atoms with Crippen LogP contribution in [0.2, 0.25) is 10.0 Å². The maximum absolute atomic E-state index is 13.2. The van der Waals surface area contributed by atoms with Gasteiger partial charge in [0.15, 0.2) is 0 Å². The predicted molar refractivity (Wildman–Crippen MR) is 91.0 cm³/mol. The van der Waals surface area contributed by atoms with E-state index in [9.17, 15) is 9.18 Å². The first kappa shape index (κ1) is 16.1. The topological polar surface area (TPSA) is 23.6 Å². The molecular weight excluding hydrogens is 338 g/mol. The number of hydrogen-bond acceptors (Lipinski definition) is 2. The van der Waals surface area contributed by atoms with Gasteiger partial charge in [0.05, 0.1) is 0 Å². The zero-order valence-electron chi connectivity index (χ0n) is 12.3. The van der Waals surface area contributed by atoms with Gasteiger partial charge in [-0.05, 0) is 36.4 Å². The second kappa shape index (κ2) is 6.77. The highest BCUT2D eigenvalue weighted by Crippen LogP contribution is 2.26. The lowest BCUT2D eigenvalue weighted by Crippen LogP contribution is -2.48. The number of carbonyl (C=O) groups is 1. The first-order valence-corrected chi connectivity index (χ1v) is 8.04. The van der Waals surface area contributed by atoms with Crippen molar-refractivity contribution in [3.05, 3.63) is 63.9 Å². The molecule has 0 radical (unpaired) electrons. The fourth-order valence-corrected chi connectivity index (χ4v) is 3.21. The molecule has 0 bridgehead atoms. The number of benzene rings is 2. The van der Waals surface area contributed by atoms with Crippen molar-refractivity contribution in [2.75, 3.05) is 31.1 Å². The Labute approximate surface area is 144 Å². The fourth-order valence-electron chi connectivity index (χ4n) is 2.69. The molecule has 3 rings (SSSR count). The zero-order valence-corrected chi connectivity index (χ0v) is 13.8. The van der Waals surface area contributed by atoms with Crippen LogP contribution < -0.4 is 4.90 Å². The smallest absolute Gasteiger partial charge is 0.254 e. The van der Waals surface area contributed by atoms with E-state index in [0.717, 1.165) is 5.69 Å². The van der Waals surface area contributed by atoms with Crippen LogP contribution in [0, 0.1) is 5.82 Å². The lowest BCUT2D eigenvalue weighted by molar-refractivity contribution is 0.0746. The van der Waals surface area contributed by atoms with Crippen LogP contribution in [0.3, 0.4) is 0 Å². The third kappa shape index (κ3) is 3.77. The van der Waals surface area contributed by atoms with Crippen LogP contribution >= 0.6 is 23.2 Å². The van der Waals surface area contributed by atoms with Gasteiger partial charge in [-0.1, -0.05) is 29.3 Å². The second-order valence-electron chi connectivity index (χ2n) is 5.42. The van der Waals surface area contributed by atoms with E-state index >= 15 is 0 Å². The molecule has 1 amide bonds. The second-order valence-corrected chi connectivity index (χ2v) is 6.29. The quantitative estimate of drug-likeness (QED) is 0.812. The third-order valence-corrected chi connectivity index (χ3v) is 4.29. The first-order valence-electron chi connectivity index (χ1n) is 7.29. The monoisotopic (exact) mass is 352 g/mol. The van der Waals surface area contributed by atoms with E-state index in [4.69, 9.17) is 23.2 Å². The lowest BCUT2D eigenvalue weighted by Gasteiger charge is -2.36. The number of halogens is 3. The van der Waals surface area contributed by atoms with E-state index in [2.05, 4.69) is 4.90 Å². The summed E-state index contributed by atoms with van der Waals surface area (Å²) in [6.45, 7) is 2.49. The van der Waals surface area contributed by atoms with Gasteiger partial charge in [-0.2, -0.15) is 0 Å². The molecule has 0 N–H and O–H groups in total. The number of anilines is 1. The maximum atomic E-state index is 13.2. The van der Waals surface area contributed by atoms with Crippen LogP contribution in [-0.2, 0) is 0 Å². The molecule has 3 nitrogen and oxygen atoms in total. The fraction of sp³-hybridized carbons (Fsp3) is 0.235. The molecule has 0 aliphatic carbocycles. The van der Waals surface area contributed by atoms with Crippen molar-refractivity contribution >= 4 is 34.8 Å². The van der Waals surface area contributed by atoms with Gasteiger partial charge in [-0.15, -0.1) is 0 Å². The molecule has 1 aliphatic heterocycles. The first-order chi connectivity index (χ1) is 11.0. The number of amides is 1. The highest BCUT2D eigenvalue weighted by molar-refractivity contribution is 6.35. The summed E-state index contributed by atoms with van der Waals surface area (Å²) in [6, 6.07) is 11.2. The molecule has 2 aromatic rings. The number of piperazine rings is 1. The summed E-state index contributed by atoms with van der Waals surface area (Å²) in [4.78, 5) is 16.3. The van der Waals surface area contributed by atoms with E-state index in [1.165, 1.54) is 12.1 Å². The molecule has 2 aromatic carbocycles. The number of nitrogens with zero attached hydrogens (tertiary/aromatic N) is 2. The molecule has 0 unspecified atom stereocenters. The highest BCUT2D eigenvalue weighted by Gasteiger charge is 2.22. The predicted octanol–water partition coefficient (Wildman–Crippen LogP) is 4.09. The largest absolute Gasteiger partial charge is 0.368 e. The van der Waals surface area contributed by atoms with E-state index in [1.54, 1.807) is 23.1 Å². The maximum Gasteiger partial charge on any atom is 0.254 e. The van der Waals surface area contributed by atoms with Crippen LogP contribution in [0.5, 0.6) is 0 Å². The Balaban J connectivity index is 1.67. The molecule has 0 aromatic heterocycles. The Bertz CT molecular complexity index is 710. The number of rotatable bonds is 2. The van der Waals surface area contributed by atoms with Crippen molar-refractivity contribution in [1.82, 2.24) is 4.90 Å². The normalized spacial score (nSPS) is 14.9. The summed E-state index contributed by atoms with van der Waals surface area (Å²) in [5.41, 5.74) is 1.32. The van der Waals surface area contributed by atoms with Gasteiger partial charge >= 0.3 is 0 Å². The average molecular weight is 353 g/mol. The van der Waals surface area contributed by atoms with Crippen molar-refractivity contribution in [2.24, 2.45) is 0 Å². The lowest BCUT2D eigenvalue weighted by atomic mass is 10.1. The third-order valence-electron chi connectivity index (χ3n) is 3.85. The van der Waals surface area contributed by atoms with Gasteiger partial charge in [-0.3, -0.25) is 4.79 Å². The van der Waals surface area contributed by atoms with E-state index in [1.807, 2.05) is 12.1 Å². The minimum absolute atomic E-state index is 0.145. The van der Waals surface area contributed by atoms with Gasteiger partial charge in [-0.25, -0.2) is 4.39 Å². The Morgan fingerprint density at radius 1 is 0.957 bits per heavy atom. The molecule has 0 spiro atoms. The Morgan fingerprint density at radius 3 is 2.22 bits per heavy atom. The molecule has 1 heterocycles. The van der Waals surface area contributed by atoms with Gasteiger partial charge < -0.3 is 9.80 Å². The molecule has 23 heavy (non-hydrogen) atoms. The van der Waals surface area contributed by atoms with Crippen molar-refractivity contribution < 1.29 is 9.18 Å². The van der Waals surface area contributed by atoms with Crippen molar-refractivity contribution in [2.45, 2.75) is 0 Å². The molecule has 0 atom stereocenters. The van der Waals surface area contributed by atoms with Crippen LogP contribution in [0.25, 0.3) is 0 Å². The van der Waals surface area contributed by atoms with Gasteiger partial charge in [0.1, 0.15) is 5.82 Å². The van der Waals surface area contributed by atoms with Crippen LogP contribution in [0.1, 0.15) is 10.4 Å². The summed E-state index contributed by atoms with van der Waals surface area (Å²) >= 11 is 12.1. The Hall–Kier alpha value is -1.78. The average Bonchev–Trinajstić information content (AvgIpc) is 2.53. The van der Waals surface area contributed by atoms with Crippen LogP contribution in [0.4, 0.5) is 10.1 Å². The minimum atomic E-state index is -0.400. The zero-order chi connectivity index (χ0) is 16.4. The van der Waals surface area contributed by atoms with Gasteiger partial charge in [0.2, 0.25) is 0 Å². The van der Waals surface area contributed by atoms with Crippen molar-refractivity contribution in [1.29, 1.82) is 0 Å². The molecule has 6 heteroatoms. The molecule has 1 aliphatic rings. The van der Waals surface area contributed by atoms with Crippen molar-refractivity contribution in [3.8, 4) is 0 Å². The molecular formula is C17H15Cl2FN2O. The molecule has 1 fully saturated rings. The molecule has 120 valence electrons. The minimum Gasteiger partial charge on any atom is -0.368 e. The molecule has 0 saturated carbocycles. The SMILES string of the molecule is O=C(c1cccc(F)c1)N1CCN(c2cc(Cl)cc(Cl)c2)CC1. The highest BCUT2D eigenvalue weighted by atomic mass is 35.5. The van der Waals surface area contributed by atoms with E-state index in [0.29, 0.717) is 41.8 Å². The summed E-state index contributed by atoms with van der Waals surface area (Å²) in [6.07, 6.45) is 0. The van der Waals surface area contributed by atoms with E-state index in [-0.39, 0.29) is 5.91 Å². The van der Waals surface area contributed by atoms with E-state index < -0.39 is 5.82 Å². The summed E-state index contributed by atoms with van der Waals surface area (Å²) in [5, 5.41) is 1.18.